The number of aryl methyl sites for hydroxylation is 1. The zero-order valence-electron chi connectivity index (χ0n) is 12.8. The van der Waals surface area contributed by atoms with Crippen LogP contribution in [0, 0.1) is 6.92 Å². The number of aromatic nitrogens is 1. The lowest BCUT2D eigenvalue weighted by Gasteiger charge is -2.51. The monoisotopic (exact) mass is 303 g/mol. The summed E-state index contributed by atoms with van der Waals surface area (Å²) in [6.45, 7) is 6.71. The van der Waals surface area contributed by atoms with Crippen LogP contribution < -0.4 is 4.90 Å². The summed E-state index contributed by atoms with van der Waals surface area (Å²) in [6, 6.07) is 6.63. The third kappa shape index (κ3) is 2.10. The fourth-order valence-electron chi connectivity index (χ4n) is 3.50. The molecule has 2 fully saturated rings. The summed E-state index contributed by atoms with van der Waals surface area (Å²) in [5.41, 5.74) is 2.48. The van der Waals surface area contributed by atoms with Crippen molar-refractivity contribution in [2.24, 2.45) is 0 Å². The fourth-order valence-corrected chi connectivity index (χ4v) is 3.50. The summed E-state index contributed by atoms with van der Waals surface area (Å²) < 4.78 is 11.6. The number of fused-ring (bicyclic) bond motifs is 2. The van der Waals surface area contributed by atoms with E-state index >= 15 is 0 Å². The Kier molecular flexibility index (Phi) is 3.32. The van der Waals surface area contributed by atoms with Gasteiger partial charge in [0.1, 0.15) is 5.52 Å². The molecule has 0 radical (unpaired) electrons. The molecule has 4 rings (SSSR count). The van der Waals surface area contributed by atoms with Crippen LogP contribution in [-0.4, -0.2) is 66.5 Å². The van der Waals surface area contributed by atoms with E-state index in [0.717, 1.165) is 42.9 Å². The van der Waals surface area contributed by atoms with Crippen molar-refractivity contribution in [3.05, 3.63) is 23.8 Å². The summed E-state index contributed by atoms with van der Waals surface area (Å²) in [7, 11) is 0. The standard InChI is InChI=1S/C16H21N3O3/c1-12-3-2-4-13-14(12)22-15(17-13)18-5-6-19-7-8-21-11-16(19,9-18)10-20/h2-4,20H,5-11H2,1H3. The minimum atomic E-state index is -0.341. The van der Waals surface area contributed by atoms with Crippen molar-refractivity contribution in [2.45, 2.75) is 12.5 Å². The maximum atomic E-state index is 9.93. The van der Waals surface area contributed by atoms with E-state index in [2.05, 4.69) is 14.8 Å². The molecule has 3 heterocycles. The number of rotatable bonds is 2. The van der Waals surface area contributed by atoms with E-state index in [1.165, 1.54) is 0 Å². The molecular formula is C16H21N3O3. The molecule has 1 unspecified atom stereocenters. The molecule has 1 atom stereocenters. The van der Waals surface area contributed by atoms with Crippen molar-refractivity contribution in [3.63, 3.8) is 0 Å². The highest BCUT2D eigenvalue weighted by Gasteiger charge is 2.44. The van der Waals surface area contributed by atoms with Crippen molar-refractivity contribution in [1.29, 1.82) is 0 Å². The average Bonchev–Trinajstić information content (AvgIpc) is 3.00. The molecule has 22 heavy (non-hydrogen) atoms. The molecular weight excluding hydrogens is 282 g/mol. The maximum Gasteiger partial charge on any atom is 0.298 e. The highest BCUT2D eigenvalue weighted by molar-refractivity contribution is 5.77. The number of oxazole rings is 1. The van der Waals surface area contributed by atoms with E-state index < -0.39 is 0 Å². The predicted molar refractivity (Wildman–Crippen MR) is 83.2 cm³/mol. The maximum absolute atomic E-state index is 9.93. The van der Waals surface area contributed by atoms with E-state index in [0.29, 0.717) is 19.2 Å². The van der Waals surface area contributed by atoms with Crippen molar-refractivity contribution in [1.82, 2.24) is 9.88 Å². The highest BCUT2D eigenvalue weighted by atomic mass is 16.5. The number of aliphatic hydroxyl groups excluding tert-OH is 1. The number of aliphatic hydroxyl groups is 1. The van der Waals surface area contributed by atoms with Crippen molar-refractivity contribution < 1.29 is 14.3 Å². The molecule has 6 heteroatoms. The third-order valence-electron chi connectivity index (χ3n) is 4.84. The van der Waals surface area contributed by atoms with Crippen LogP contribution in [0.3, 0.4) is 0 Å². The molecule has 0 spiro atoms. The Hall–Kier alpha value is -1.63. The number of anilines is 1. The number of piperazine rings is 1. The Labute approximate surface area is 129 Å². The molecule has 0 aliphatic carbocycles. The summed E-state index contributed by atoms with van der Waals surface area (Å²) in [6.07, 6.45) is 0. The van der Waals surface area contributed by atoms with E-state index in [9.17, 15) is 5.11 Å². The Morgan fingerprint density at radius 3 is 3.05 bits per heavy atom. The summed E-state index contributed by atoms with van der Waals surface area (Å²) in [5.74, 6) is 0. The van der Waals surface area contributed by atoms with Gasteiger partial charge in [-0.1, -0.05) is 12.1 Å². The second-order valence-corrected chi connectivity index (χ2v) is 6.26. The molecule has 2 saturated heterocycles. The van der Waals surface area contributed by atoms with Crippen LogP contribution in [0.2, 0.25) is 0 Å². The van der Waals surface area contributed by atoms with Gasteiger partial charge in [0.2, 0.25) is 0 Å². The Bertz CT molecular complexity index is 686. The lowest BCUT2D eigenvalue weighted by molar-refractivity contribution is -0.0956. The molecule has 1 N–H and O–H groups in total. The topological polar surface area (TPSA) is 62.0 Å². The average molecular weight is 303 g/mol. The number of hydrogen-bond donors (Lipinski definition) is 1. The van der Waals surface area contributed by atoms with Crippen molar-refractivity contribution in [2.75, 3.05) is 50.9 Å². The molecule has 2 aliphatic heterocycles. The Balaban J connectivity index is 1.66. The smallest absolute Gasteiger partial charge is 0.298 e. The molecule has 6 nitrogen and oxygen atoms in total. The van der Waals surface area contributed by atoms with Crippen LogP contribution in [0.4, 0.5) is 6.01 Å². The molecule has 1 aromatic heterocycles. The van der Waals surface area contributed by atoms with E-state index in [-0.39, 0.29) is 12.1 Å². The number of nitrogens with zero attached hydrogens (tertiary/aromatic N) is 3. The van der Waals surface area contributed by atoms with E-state index in [1.54, 1.807) is 0 Å². The van der Waals surface area contributed by atoms with Gasteiger partial charge < -0.3 is 19.2 Å². The number of ether oxygens (including phenoxy) is 1. The van der Waals surface area contributed by atoms with Gasteiger partial charge in [0, 0.05) is 26.2 Å². The highest BCUT2D eigenvalue weighted by Crippen LogP contribution is 2.30. The van der Waals surface area contributed by atoms with Crippen LogP contribution in [-0.2, 0) is 4.74 Å². The lowest BCUT2D eigenvalue weighted by Crippen LogP contribution is -2.69. The van der Waals surface area contributed by atoms with Gasteiger partial charge >= 0.3 is 0 Å². The first kappa shape index (κ1) is 14.0. The van der Waals surface area contributed by atoms with Gasteiger partial charge in [0.05, 0.1) is 25.4 Å². The van der Waals surface area contributed by atoms with Gasteiger partial charge in [-0.3, -0.25) is 4.90 Å². The fraction of sp³-hybridized carbons (Fsp3) is 0.562. The second-order valence-electron chi connectivity index (χ2n) is 6.26. The first-order valence-electron chi connectivity index (χ1n) is 7.77. The number of morpholine rings is 1. The van der Waals surface area contributed by atoms with Gasteiger partial charge in [-0.05, 0) is 18.6 Å². The summed E-state index contributed by atoms with van der Waals surface area (Å²) in [4.78, 5) is 9.08. The SMILES string of the molecule is Cc1cccc2nc(N3CCN4CCOCC4(CO)C3)oc12. The first-order valence-corrected chi connectivity index (χ1v) is 7.77. The zero-order valence-corrected chi connectivity index (χ0v) is 12.8. The van der Waals surface area contributed by atoms with Crippen LogP contribution >= 0.6 is 0 Å². The molecule has 2 aliphatic rings. The van der Waals surface area contributed by atoms with Crippen molar-refractivity contribution >= 4 is 17.1 Å². The van der Waals surface area contributed by atoms with Crippen LogP contribution in [0.1, 0.15) is 5.56 Å². The minimum Gasteiger partial charge on any atom is -0.423 e. The Morgan fingerprint density at radius 1 is 1.32 bits per heavy atom. The first-order chi connectivity index (χ1) is 10.7. The second kappa shape index (κ2) is 5.22. The minimum absolute atomic E-state index is 0.0861. The molecule has 0 bridgehead atoms. The van der Waals surface area contributed by atoms with Crippen molar-refractivity contribution in [3.8, 4) is 0 Å². The summed E-state index contributed by atoms with van der Waals surface area (Å²) in [5, 5.41) is 9.93. The molecule has 118 valence electrons. The van der Waals surface area contributed by atoms with Gasteiger partial charge in [-0.15, -0.1) is 0 Å². The van der Waals surface area contributed by atoms with Crippen LogP contribution in [0.5, 0.6) is 0 Å². The van der Waals surface area contributed by atoms with E-state index in [1.807, 2.05) is 25.1 Å². The quantitative estimate of drug-likeness (QED) is 0.894. The molecule has 0 amide bonds. The largest absolute Gasteiger partial charge is 0.423 e. The third-order valence-corrected chi connectivity index (χ3v) is 4.84. The zero-order chi connectivity index (χ0) is 15.2. The van der Waals surface area contributed by atoms with Crippen LogP contribution in [0.15, 0.2) is 22.6 Å². The summed E-state index contributed by atoms with van der Waals surface area (Å²) >= 11 is 0. The lowest BCUT2D eigenvalue weighted by atomic mass is 9.94. The van der Waals surface area contributed by atoms with Gasteiger partial charge in [-0.25, -0.2) is 0 Å². The molecule has 1 aromatic carbocycles. The number of para-hydroxylation sites is 1. The van der Waals surface area contributed by atoms with E-state index in [4.69, 9.17) is 9.15 Å². The van der Waals surface area contributed by atoms with Crippen LogP contribution in [0.25, 0.3) is 11.1 Å². The normalized spacial score (nSPS) is 26.4. The predicted octanol–water partition coefficient (Wildman–Crippen LogP) is 1.02. The number of benzene rings is 1. The van der Waals surface area contributed by atoms with Gasteiger partial charge in [0.25, 0.3) is 6.01 Å². The Morgan fingerprint density at radius 2 is 2.23 bits per heavy atom. The number of hydrogen-bond acceptors (Lipinski definition) is 6. The van der Waals surface area contributed by atoms with Gasteiger partial charge in [-0.2, -0.15) is 4.98 Å². The molecule has 2 aromatic rings. The molecule has 0 saturated carbocycles. The van der Waals surface area contributed by atoms with Gasteiger partial charge in [0.15, 0.2) is 5.58 Å².